The molecule has 0 unspecified atom stereocenters. The van der Waals surface area contributed by atoms with Gasteiger partial charge in [0.25, 0.3) is 5.91 Å². The van der Waals surface area contributed by atoms with Crippen LogP contribution < -0.4 is 0 Å². The fourth-order valence-corrected chi connectivity index (χ4v) is 4.95. The lowest BCUT2D eigenvalue weighted by atomic mass is 10.0. The van der Waals surface area contributed by atoms with E-state index in [1.165, 1.54) is 5.56 Å². The van der Waals surface area contributed by atoms with Crippen molar-refractivity contribution in [1.29, 1.82) is 0 Å². The molecule has 5 rings (SSSR count). The monoisotopic (exact) mass is 376 g/mol. The molecule has 144 valence electrons. The first-order chi connectivity index (χ1) is 13.5. The van der Waals surface area contributed by atoms with Gasteiger partial charge in [-0.1, -0.05) is 36.4 Å². The van der Waals surface area contributed by atoms with Crippen molar-refractivity contribution in [2.75, 3.05) is 13.1 Å². The van der Waals surface area contributed by atoms with Crippen LogP contribution in [0, 0.1) is 13.8 Å². The van der Waals surface area contributed by atoms with E-state index >= 15 is 0 Å². The minimum absolute atomic E-state index is 0.00798. The maximum absolute atomic E-state index is 13.2. The average molecular weight is 376 g/mol. The van der Waals surface area contributed by atoms with Gasteiger partial charge in [-0.05, 0) is 42.7 Å². The van der Waals surface area contributed by atoms with Crippen molar-refractivity contribution in [1.82, 2.24) is 9.80 Å². The Kier molecular flexibility index (Phi) is 3.85. The predicted octanol–water partition coefficient (Wildman–Crippen LogP) is 3.22. The molecule has 3 aliphatic heterocycles. The Labute approximate surface area is 164 Å². The van der Waals surface area contributed by atoms with Gasteiger partial charge < -0.3 is 14.5 Å². The molecule has 2 aromatic carbocycles. The van der Waals surface area contributed by atoms with Crippen LogP contribution in [0.25, 0.3) is 0 Å². The molecule has 5 heteroatoms. The van der Waals surface area contributed by atoms with Gasteiger partial charge in [0, 0.05) is 18.5 Å². The molecule has 0 N–H and O–H groups in total. The number of ether oxygens (including phenoxy) is 1. The van der Waals surface area contributed by atoms with Crippen molar-refractivity contribution in [2.45, 2.75) is 44.6 Å². The van der Waals surface area contributed by atoms with E-state index < -0.39 is 5.72 Å². The highest BCUT2D eigenvalue weighted by molar-refractivity contribution is 5.96. The number of likely N-dealkylation sites (tertiary alicyclic amines) is 1. The number of hydrogen-bond donors (Lipinski definition) is 0. The molecule has 2 aromatic rings. The van der Waals surface area contributed by atoms with E-state index in [1.54, 1.807) is 0 Å². The van der Waals surface area contributed by atoms with Gasteiger partial charge in [-0.2, -0.15) is 0 Å². The lowest BCUT2D eigenvalue weighted by Gasteiger charge is -2.32. The van der Waals surface area contributed by atoms with Gasteiger partial charge in [0.15, 0.2) is 5.72 Å². The van der Waals surface area contributed by atoms with E-state index in [-0.39, 0.29) is 24.0 Å². The Morgan fingerprint density at radius 2 is 1.89 bits per heavy atom. The summed E-state index contributed by atoms with van der Waals surface area (Å²) in [5.74, 6) is 0.0763. The van der Waals surface area contributed by atoms with Gasteiger partial charge in [0.2, 0.25) is 5.91 Å². The lowest BCUT2D eigenvalue weighted by molar-refractivity contribution is -0.138. The minimum Gasteiger partial charge on any atom is -0.343 e. The second-order valence-corrected chi connectivity index (χ2v) is 8.13. The molecule has 0 saturated carbocycles. The molecule has 3 aliphatic rings. The van der Waals surface area contributed by atoms with Crippen molar-refractivity contribution < 1.29 is 14.3 Å². The normalized spacial score (nSPS) is 28.6. The molecule has 3 heterocycles. The maximum atomic E-state index is 13.2. The Bertz CT molecular complexity index is 958. The van der Waals surface area contributed by atoms with Crippen LogP contribution >= 0.6 is 0 Å². The summed E-state index contributed by atoms with van der Waals surface area (Å²) in [6.45, 7) is 5.23. The number of carbonyl (C=O) groups excluding carboxylic acids is 2. The van der Waals surface area contributed by atoms with Crippen LogP contribution in [0.5, 0.6) is 0 Å². The Hall–Kier alpha value is -2.66. The predicted molar refractivity (Wildman–Crippen MR) is 105 cm³/mol. The van der Waals surface area contributed by atoms with Crippen molar-refractivity contribution in [3.63, 3.8) is 0 Å². The van der Waals surface area contributed by atoms with Gasteiger partial charge in [0.05, 0.1) is 19.0 Å². The fraction of sp³-hybridized carbons (Fsp3) is 0.391. The van der Waals surface area contributed by atoms with Crippen LogP contribution in [0.2, 0.25) is 0 Å². The Balaban J connectivity index is 1.44. The molecular weight excluding hydrogens is 352 g/mol. The van der Waals surface area contributed by atoms with Gasteiger partial charge in [-0.3, -0.25) is 9.59 Å². The SMILES string of the molecule is Cc1ccc(C(=O)N2CC[C@@]34O[C@@H](c5ccccc5)CN3C(=O)C[C@@H]24)cc1C. The summed E-state index contributed by atoms with van der Waals surface area (Å²) >= 11 is 0. The summed E-state index contributed by atoms with van der Waals surface area (Å²) < 4.78 is 6.52. The summed E-state index contributed by atoms with van der Waals surface area (Å²) in [5.41, 5.74) is 3.36. The number of hydrogen-bond acceptors (Lipinski definition) is 3. The van der Waals surface area contributed by atoms with E-state index in [0.29, 0.717) is 31.5 Å². The molecule has 3 atom stereocenters. The third-order valence-electron chi connectivity index (χ3n) is 6.61. The van der Waals surface area contributed by atoms with E-state index in [1.807, 2.05) is 72.2 Å². The van der Waals surface area contributed by atoms with Crippen molar-refractivity contribution in [3.8, 4) is 0 Å². The molecule has 1 spiro atoms. The molecule has 5 nitrogen and oxygen atoms in total. The van der Waals surface area contributed by atoms with Crippen LogP contribution in [0.15, 0.2) is 48.5 Å². The third kappa shape index (κ3) is 2.42. The first-order valence-corrected chi connectivity index (χ1v) is 9.91. The number of aryl methyl sites for hydroxylation is 2. The third-order valence-corrected chi connectivity index (χ3v) is 6.61. The molecule has 0 aromatic heterocycles. The molecule has 2 amide bonds. The molecule has 3 saturated heterocycles. The summed E-state index contributed by atoms with van der Waals surface area (Å²) in [6, 6.07) is 15.6. The topological polar surface area (TPSA) is 49.9 Å². The zero-order chi connectivity index (χ0) is 19.5. The Morgan fingerprint density at radius 1 is 1.11 bits per heavy atom. The molecule has 0 aliphatic carbocycles. The first kappa shape index (κ1) is 17.4. The van der Waals surface area contributed by atoms with Gasteiger partial charge in [-0.15, -0.1) is 0 Å². The number of amides is 2. The zero-order valence-electron chi connectivity index (χ0n) is 16.2. The lowest BCUT2D eigenvalue weighted by Crippen LogP contribution is -2.48. The average Bonchev–Trinajstić information content (AvgIpc) is 3.33. The fourth-order valence-electron chi connectivity index (χ4n) is 4.95. The van der Waals surface area contributed by atoms with Gasteiger partial charge in [-0.25, -0.2) is 0 Å². The van der Waals surface area contributed by atoms with E-state index in [2.05, 4.69) is 0 Å². The maximum Gasteiger partial charge on any atom is 0.254 e. The largest absolute Gasteiger partial charge is 0.343 e. The molecular formula is C23H24N2O3. The van der Waals surface area contributed by atoms with Crippen LogP contribution in [-0.4, -0.2) is 46.5 Å². The summed E-state index contributed by atoms with van der Waals surface area (Å²) in [6.07, 6.45) is 0.881. The van der Waals surface area contributed by atoms with Crippen molar-refractivity contribution >= 4 is 11.8 Å². The number of nitrogens with zero attached hydrogens (tertiary/aromatic N) is 2. The second kappa shape index (κ2) is 6.17. The number of benzene rings is 2. The van der Waals surface area contributed by atoms with Crippen molar-refractivity contribution in [3.05, 3.63) is 70.8 Å². The Morgan fingerprint density at radius 3 is 2.64 bits per heavy atom. The minimum atomic E-state index is -0.674. The smallest absolute Gasteiger partial charge is 0.254 e. The quantitative estimate of drug-likeness (QED) is 0.809. The highest BCUT2D eigenvalue weighted by atomic mass is 16.5. The summed E-state index contributed by atoms with van der Waals surface area (Å²) in [7, 11) is 0. The van der Waals surface area contributed by atoms with Crippen LogP contribution in [0.1, 0.15) is 46.0 Å². The van der Waals surface area contributed by atoms with E-state index in [9.17, 15) is 9.59 Å². The van der Waals surface area contributed by atoms with Gasteiger partial charge >= 0.3 is 0 Å². The highest BCUT2D eigenvalue weighted by Crippen LogP contribution is 2.50. The highest BCUT2D eigenvalue weighted by Gasteiger charge is 2.65. The molecule has 3 fully saturated rings. The number of carbonyl (C=O) groups is 2. The van der Waals surface area contributed by atoms with Crippen molar-refractivity contribution in [2.24, 2.45) is 0 Å². The van der Waals surface area contributed by atoms with Crippen LogP contribution in [0.4, 0.5) is 0 Å². The number of rotatable bonds is 2. The second-order valence-electron chi connectivity index (χ2n) is 8.13. The molecule has 0 bridgehead atoms. The summed E-state index contributed by atoms with van der Waals surface area (Å²) in [5, 5.41) is 0. The van der Waals surface area contributed by atoms with Crippen LogP contribution in [0.3, 0.4) is 0 Å². The van der Waals surface area contributed by atoms with E-state index in [4.69, 9.17) is 4.74 Å². The first-order valence-electron chi connectivity index (χ1n) is 9.91. The van der Waals surface area contributed by atoms with Gasteiger partial charge in [0.1, 0.15) is 6.10 Å². The van der Waals surface area contributed by atoms with Crippen LogP contribution in [-0.2, 0) is 9.53 Å². The molecule has 0 radical (unpaired) electrons. The zero-order valence-corrected chi connectivity index (χ0v) is 16.2. The molecule has 28 heavy (non-hydrogen) atoms. The van der Waals surface area contributed by atoms with E-state index in [0.717, 1.165) is 11.1 Å². The summed E-state index contributed by atoms with van der Waals surface area (Å²) in [4.78, 5) is 29.7. The standard InChI is InChI=1S/C23H24N2O3/c1-15-8-9-18(12-16(15)2)22(27)24-11-10-23-20(24)13-21(26)25(23)14-19(28-23)17-6-4-3-5-7-17/h3-9,12,19-20H,10-11,13-14H2,1-2H3/t19-,20-,23+/m1/s1.